The quantitative estimate of drug-likeness (QED) is 0.891. The van der Waals surface area contributed by atoms with Crippen LogP contribution < -0.4 is 10.6 Å². The molecule has 0 radical (unpaired) electrons. The molecule has 20 heavy (non-hydrogen) atoms. The van der Waals surface area contributed by atoms with Crippen LogP contribution in [0.3, 0.4) is 0 Å². The summed E-state index contributed by atoms with van der Waals surface area (Å²) in [6.07, 6.45) is 1.48. The zero-order chi connectivity index (χ0) is 14.1. The number of nitrogens with one attached hydrogen (secondary N) is 2. The number of rotatable bonds is 2. The number of benzene rings is 1. The highest BCUT2D eigenvalue weighted by molar-refractivity contribution is 8.00. The van der Waals surface area contributed by atoms with Gasteiger partial charge in [-0.2, -0.15) is 0 Å². The van der Waals surface area contributed by atoms with Crippen LogP contribution in [0.5, 0.6) is 0 Å². The van der Waals surface area contributed by atoms with Crippen LogP contribution in [-0.2, 0) is 4.79 Å². The molecular formula is C14H12N2O3S. The smallest absolute Gasteiger partial charge is 0.259 e. The van der Waals surface area contributed by atoms with Crippen molar-refractivity contribution in [2.75, 3.05) is 16.4 Å². The number of amides is 2. The van der Waals surface area contributed by atoms with E-state index in [0.717, 1.165) is 10.6 Å². The van der Waals surface area contributed by atoms with Crippen LogP contribution in [0.15, 0.2) is 39.8 Å². The van der Waals surface area contributed by atoms with Gasteiger partial charge in [-0.25, -0.2) is 0 Å². The van der Waals surface area contributed by atoms with Crippen molar-refractivity contribution in [2.45, 2.75) is 11.8 Å². The molecule has 1 aromatic carbocycles. The Kier molecular flexibility index (Phi) is 3.23. The summed E-state index contributed by atoms with van der Waals surface area (Å²) in [7, 11) is 0. The molecule has 0 aliphatic carbocycles. The minimum Gasteiger partial charge on any atom is -0.469 e. The molecule has 3 rings (SSSR count). The van der Waals surface area contributed by atoms with Crippen molar-refractivity contribution in [1.29, 1.82) is 0 Å². The average molecular weight is 288 g/mol. The maximum atomic E-state index is 12.1. The normalized spacial score (nSPS) is 13.6. The number of anilines is 2. The maximum absolute atomic E-state index is 12.1. The first-order chi connectivity index (χ1) is 9.63. The van der Waals surface area contributed by atoms with Crippen molar-refractivity contribution in [3.63, 3.8) is 0 Å². The molecule has 1 aliphatic heterocycles. The van der Waals surface area contributed by atoms with E-state index in [1.54, 1.807) is 19.1 Å². The van der Waals surface area contributed by atoms with E-state index in [-0.39, 0.29) is 11.8 Å². The first kappa shape index (κ1) is 12.8. The van der Waals surface area contributed by atoms with E-state index < -0.39 is 0 Å². The minimum atomic E-state index is -0.231. The van der Waals surface area contributed by atoms with E-state index in [1.165, 1.54) is 18.0 Å². The lowest BCUT2D eigenvalue weighted by atomic mass is 10.2. The summed E-state index contributed by atoms with van der Waals surface area (Å²) in [6, 6.07) is 7.08. The molecule has 6 heteroatoms. The maximum Gasteiger partial charge on any atom is 0.259 e. The molecule has 2 amide bonds. The SMILES string of the molecule is Cc1occc1C(=O)Nc1ccc2c(c1)NC(=O)CS2. The summed E-state index contributed by atoms with van der Waals surface area (Å²) >= 11 is 1.48. The molecule has 2 heterocycles. The lowest BCUT2D eigenvalue weighted by Crippen LogP contribution is -2.19. The fraction of sp³-hybridized carbons (Fsp3) is 0.143. The molecule has 0 bridgehead atoms. The Bertz CT molecular complexity index is 693. The molecule has 0 saturated heterocycles. The molecular weight excluding hydrogens is 276 g/mol. The third-order valence-electron chi connectivity index (χ3n) is 2.97. The lowest BCUT2D eigenvalue weighted by molar-refractivity contribution is -0.113. The number of carbonyl (C=O) groups is 2. The second-order valence-electron chi connectivity index (χ2n) is 4.39. The highest BCUT2D eigenvalue weighted by Gasteiger charge is 2.17. The monoisotopic (exact) mass is 288 g/mol. The van der Waals surface area contributed by atoms with E-state index in [0.29, 0.717) is 22.8 Å². The van der Waals surface area contributed by atoms with E-state index >= 15 is 0 Å². The molecule has 2 N–H and O–H groups in total. The summed E-state index contributed by atoms with van der Waals surface area (Å²) in [4.78, 5) is 24.4. The van der Waals surface area contributed by atoms with Gasteiger partial charge in [0.1, 0.15) is 5.76 Å². The van der Waals surface area contributed by atoms with Crippen LogP contribution in [0.25, 0.3) is 0 Å². The molecule has 5 nitrogen and oxygen atoms in total. The summed E-state index contributed by atoms with van der Waals surface area (Å²) < 4.78 is 5.11. The predicted molar refractivity (Wildman–Crippen MR) is 77.2 cm³/mol. The van der Waals surface area contributed by atoms with Crippen LogP contribution in [0.4, 0.5) is 11.4 Å². The van der Waals surface area contributed by atoms with Crippen molar-refractivity contribution < 1.29 is 14.0 Å². The topological polar surface area (TPSA) is 71.3 Å². The zero-order valence-electron chi connectivity index (χ0n) is 10.7. The molecule has 0 unspecified atom stereocenters. The number of aryl methyl sites for hydroxylation is 1. The number of carbonyl (C=O) groups excluding carboxylic acids is 2. The van der Waals surface area contributed by atoms with Gasteiger partial charge >= 0.3 is 0 Å². The summed E-state index contributed by atoms with van der Waals surface area (Å²) in [5, 5.41) is 5.58. The number of fused-ring (bicyclic) bond motifs is 1. The average Bonchev–Trinajstić information content (AvgIpc) is 2.84. The van der Waals surface area contributed by atoms with Crippen LogP contribution in [-0.4, -0.2) is 17.6 Å². The van der Waals surface area contributed by atoms with Crippen LogP contribution in [0, 0.1) is 6.92 Å². The highest BCUT2D eigenvalue weighted by Crippen LogP contribution is 2.33. The second kappa shape index (κ2) is 5.05. The molecule has 1 aliphatic rings. The molecule has 0 fully saturated rings. The van der Waals surface area contributed by atoms with Gasteiger partial charge in [0.05, 0.1) is 23.3 Å². The highest BCUT2D eigenvalue weighted by atomic mass is 32.2. The van der Waals surface area contributed by atoms with Gasteiger partial charge in [0.2, 0.25) is 5.91 Å². The van der Waals surface area contributed by atoms with Gasteiger partial charge in [-0.1, -0.05) is 0 Å². The van der Waals surface area contributed by atoms with E-state index in [1.807, 2.05) is 12.1 Å². The number of furan rings is 1. The van der Waals surface area contributed by atoms with Gasteiger partial charge in [-0.05, 0) is 31.2 Å². The first-order valence-electron chi connectivity index (χ1n) is 6.05. The van der Waals surface area contributed by atoms with Crippen molar-refractivity contribution in [3.05, 3.63) is 41.9 Å². The van der Waals surface area contributed by atoms with Crippen molar-refractivity contribution in [3.8, 4) is 0 Å². The summed E-state index contributed by atoms with van der Waals surface area (Å²) in [5.74, 6) is 0.736. The summed E-state index contributed by atoms with van der Waals surface area (Å²) in [6.45, 7) is 1.73. The van der Waals surface area contributed by atoms with E-state index in [2.05, 4.69) is 10.6 Å². The Morgan fingerprint density at radius 2 is 2.25 bits per heavy atom. The van der Waals surface area contributed by atoms with Gasteiger partial charge in [-0.3, -0.25) is 9.59 Å². The van der Waals surface area contributed by atoms with Gasteiger partial charge in [0.15, 0.2) is 0 Å². The number of hydrogen-bond donors (Lipinski definition) is 2. The largest absolute Gasteiger partial charge is 0.469 e. The lowest BCUT2D eigenvalue weighted by Gasteiger charge is -2.17. The molecule has 0 atom stereocenters. The van der Waals surface area contributed by atoms with Gasteiger partial charge in [0, 0.05) is 10.6 Å². The third-order valence-corrected chi connectivity index (χ3v) is 4.05. The Morgan fingerprint density at radius 3 is 3.00 bits per heavy atom. The first-order valence-corrected chi connectivity index (χ1v) is 7.04. The molecule has 0 spiro atoms. The zero-order valence-corrected chi connectivity index (χ0v) is 11.5. The van der Waals surface area contributed by atoms with Crippen molar-refractivity contribution in [2.24, 2.45) is 0 Å². The molecule has 0 saturated carbocycles. The van der Waals surface area contributed by atoms with E-state index in [9.17, 15) is 9.59 Å². The van der Waals surface area contributed by atoms with Gasteiger partial charge in [0.25, 0.3) is 5.91 Å². The van der Waals surface area contributed by atoms with E-state index in [4.69, 9.17) is 4.42 Å². The second-order valence-corrected chi connectivity index (χ2v) is 5.41. The predicted octanol–water partition coefficient (Wildman–Crippen LogP) is 2.88. The van der Waals surface area contributed by atoms with Crippen LogP contribution in [0.2, 0.25) is 0 Å². The minimum absolute atomic E-state index is 0.0309. The fourth-order valence-corrected chi connectivity index (χ4v) is 2.77. The fourth-order valence-electron chi connectivity index (χ4n) is 1.98. The molecule has 1 aromatic heterocycles. The summed E-state index contributed by atoms with van der Waals surface area (Å²) in [5.41, 5.74) is 1.87. The Balaban J connectivity index is 1.82. The Labute approximate surface area is 119 Å². The Morgan fingerprint density at radius 1 is 1.40 bits per heavy atom. The van der Waals surface area contributed by atoms with Crippen LogP contribution >= 0.6 is 11.8 Å². The standard InChI is InChI=1S/C14H12N2O3S/c1-8-10(4-5-19-8)14(18)15-9-2-3-12-11(6-9)16-13(17)7-20-12/h2-6H,7H2,1H3,(H,15,18)(H,16,17). The molecule has 2 aromatic rings. The van der Waals surface area contributed by atoms with Crippen molar-refractivity contribution in [1.82, 2.24) is 0 Å². The number of hydrogen-bond acceptors (Lipinski definition) is 4. The Hall–Kier alpha value is -2.21. The van der Waals surface area contributed by atoms with Gasteiger partial charge < -0.3 is 15.1 Å². The number of thioether (sulfide) groups is 1. The van der Waals surface area contributed by atoms with Crippen LogP contribution in [0.1, 0.15) is 16.1 Å². The van der Waals surface area contributed by atoms with Gasteiger partial charge in [-0.15, -0.1) is 11.8 Å². The van der Waals surface area contributed by atoms with Crippen molar-refractivity contribution >= 4 is 35.0 Å². The third kappa shape index (κ3) is 2.42. The molecule has 102 valence electrons.